The van der Waals surface area contributed by atoms with E-state index in [1.807, 2.05) is 0 Å². The maximum Gasteiger partial charge on any atom is 0.214 e. The summed E-state index contributed by atoms with van der Waals surface area (Å²) in [5, 5.41) is 3.46. The molecule has 5 heteroatoms. The van der Waals surface area contributed by atoms with Gasteiger partial charge in [0, 0.05) is 11.6 Å². The molecule has 0 bridgehead atoms. The van der Waals surface area contributed by atoms with Crippen molar-refractivity contribution < 1.29 is 8.42 Å². The Hall–Kier alpha value is -0.130. The minimum atomic E-state index is -3.10. The number of hydrogen-bond acceptors (Lipinski definition) is 3. The van der Waals surface area contributed by atoms with Crippen molar-refractivity contribution in [1.82, 2.24) is 10.0 Å². The van der Waals surface area contributed by atoms with Crippen LogP contribution in [-0.4, -0.2) is 31.8 Å². The molecule has 1 unspecified atom stereocenters. The maximum atomic E-state index is 12.4. The Morgan fingerprint density at radius 2 is 1.74 bits per heavy atom. The van der Waals surface area contributed by atoms with E-state index in [9.17, 15) is 8.42 Å². The highest BCUT2D eigenvalue weighted by molar-refractivity contribution is 7.90. The Kier molecular flexibility index (Phi) is 3.89. The third-order valence-corrected chi connectivity index (χ3v) is 7.27. The average Bonchev–Trinajstić information content (AvgIpc) is 2.38. The zero-order valence-corrected chi connectivity index (χ0v) is 12.5. The summed E-state index contributed by atoms with van der Waals surface area (Å²) < 4.78 is 27.9. The van der Waals surface area contributed by atoms with E-state index < -0.39 is 10.0 Å². The Labute approximate surface area is 116 Å². The molecule has 1 aliphatic heterocycles. The van der Waals surface area contributed by atoms with E-state index in [-0.39, 0.29) is 16.8 Å². The fourth-order valence-corrected chi connectivity index (χ4v) is 5.76. The van der Waals surface area contributed by atoms with Gasteiger partial charge in [0.15, 0.2) is 0 Å². The van der Waals surface area contributed by atoms with Gasteiger partial charge in [-0.15, -0.1) is 0 Å². The molecule has 1 saturated heterocycles. The normalized spacial score (nSPS) is 32.1. The molecule has 2 N–H and O–H groups in total. The molecule has 0 amide bonds. The standard InChI is InChI=1S/C14H26N2O2S/c17-19(18,13-5-2-1-3-6-13)16-12-7-10-15-14(11-12)8-4-9-14/h12-13,15-16H,1-11H2. The molecular weight excluding hydrogens is 260 g/mol. The lowest BCUT2D eigenvalue weighted by atomic mass is 9.70. The molecule has 3 fully saturated rings. The highest BCUT2D eigenvalue weighted by atomic mass is 32.2. The maximum absolute atomic E-state index is 12.4. The number of sulfonamides is 1. The molecule has 1 spiro atoms. The summed E-state index contributed by atoms with van der Waals surface area (Å²) in [7, 11) is -3.10. The zero-order chi connectivity index (χ0) is 13.3. The Morgan fingerprint density at radius 1 is 1.00 bits per heavy atom. The summed E-state index contributed by atoms with van der Waals surface area (Å²) in [6, 6.07) is 0.161. The minimum Gasteiger partial charge on any atom is -0.311 e. The second kappa shape index (κ2) is 5.34. The van der Waals surface area contributed by atoms with E-state index in [1.165, 1.54) is 25.7 Å². The van der Waals surface area contributed by atoms with E-state index in [0.29, 0.717) is 0 Å². The first-order chi connectivity index (χ1) is 9.10. The number of nitrogens with one attached hydrogen (secondary N) is 2. The molecule has 2 aliphatic carbocycles. The first-order valence-corrected chi connectivity index (χ1v) is 9.41. The van der Waals surface area contributed by atoms with Crippen molar-refractivity contribution in [2.75, 3.05) is 6.54 Å². The molecule has 2 saturated carbocycles. The van der Waals surface area contributed by atoms with Crippen molar-refractivity contribution in [2.24, 2.45) is 0 Å². The van der Waals surface area contributed by atoms with Crippen molar-refractivity contribution in [3.63, 3.8) is 0 Å². The molecule has 3 rings (SSSR count). The van der Waals surface area contributed by atoms with Gasteiger partial charge in [-0.05, 0) is 51.5 Å². The fourth-order valence-electron chi connectivity index (χ4n) is 3.95. The molecular formula is C14H26N2O2S. The van der Waals surface area contributed by atoms with Crippen LogP contribution in [0.4, 0.5) is 0 Å². The van der Waals surface area contributed by atoms with Crippen LogP contribution in [0.25, 0.3) is 0 Å². The summed E-state index contributed by atoms with van der Waals surface area (Å²) in [5.41, 5.74) is 0.262. The van der Waals surface area contributed by atoms with Crippen LogP contribution in [0.15, 0.2) is 0 Å². The largest absolute Gasteiger partial charge is 0.311 e. The van der Waals surface area contributed by atoms with Gasteiger partial charge in [-0.1, -0.05) is 19.3 Å². The minimum absolute atomic E-state index is 0.131. The van der Waals surface area contributed by atoms with Gasteiger partial charge >= 0.3 is 0 Å². The third kappa shape index (κ3) is 2.98. The van der Waals surface area contributed by atoms with Gasteiger partial charge in [-0.2, -0.15) is 0 Å². The summed E-state index contributed by atoms with van der Waals surface area (Å²) in [5.74, 6) is 0. The lowest BCUT2D eigenvalue weighted by Crippen LogP contribution is -2.60. The molecule has 0 aromatic rings. The van der Waals surface area contributed by atoms with Crippen LogP contribution in [0.1, 0.15) is 64.2 Å². The predicted molar refractivity (Wildman–Crippen MR) is 76.5 cm³/mol. The van der Waals surface area contributed by atoms with Crippen LogP contribution in [0.2, 0.25) is 0 Å². The van der Waals surface area contributed by atoms with Gasteiger partial charge in [0.05, 0.1) is 5.25 Å². The van der Waals surface area contributed by atoms with E-state index in [4.69, 9.17) is 0 Å². The SMILES string of the molecule is O=S(=O)(NC1CCNC2(CCC2)C1)C1CCCCC1. The Balaban J connectivity index is 1.60. The van der Waals surface area contributed by atoms with E-state index >= 15 is 0 Å². The van der Waals surface area contributed by atoms with Gasteiger partial charge in [-0.3, -0.25) is 0 Å². The number of hydrogen-bond donors (Lipinski definition) is 2. The van der Waals surface area contributed by atoms with Crippen LogP contribution in [0, 0.1) is 0 Å². The van der Waals surface area contributed by atoms with Crippen molar-refractivity contribution in [2.45, 2.75) is 81.0 Å². The summed E-state index contributed by atoms with van der Waals surface area (Å²) >= 11 is 0. The predicted octanol–water partition coefficient (Wildman–Crippen LogP) is 1.91. The van der Waals surface area contributed by atoms with Crippen molar-refractivity contribution in [3.05, 3.63) is 0 Å². The highest BCUT2D eigenvalue weighted by Crippen LogP contribution is 2.38. The Morgan fingerprint density at radius 3 is 2.37 bits per heavy atom. The lowest BCUT2D eigenvalue weighted by molar-refractivity contribution is 0.126. The third-order valence-electron chi connectivity index (χ3n) is 5.26. The van der Waals surface area contributed by atoms with E-state index in [1.54, 1.807) is 0 Å². The molecule has 4 nitrogen and oxygen atoms in total. The van der Waals surface area contributed by atoms with Crippen LogP contribution < -0.4 is 10.0 Å². The van der Waals surface area contributed by atoms with Gasteiger partial charge < -0.3 is 5.32 Å². The second-order valence-corrected chi connectivity index (χ2v) is 8.67. The molecule has 0 aromatic carbocycles. The van der Waals surface area contributed by atoms with Crippen LogP contribution >= 0.6 is 0 Å². The molecule has 1 atom stereocenters. The molecule has 110 valence electrons. The summed E-state index contributed by atoms with van der Waals surface area (Å²) in [6.07, 6.45) is 10.7. The van der Waals surface area contributed by atoms with E-state index in [2.05, 4.69) is 10.0 Å². The smallest absolute Gasteiger partial charge is 0.214 e. The summed E-state index contributed by atoms with van der Waals surface area (Å²) in [6.45, 7) is 0.956. The molecule has 0 aromatic heterocycles. The topological polar surface area (TPSA) is 58.2 Å². The van der Waals surface area contributed by atoms with E-state index in [0.717, 1.165) is 45.1 Å². The first-order valence-electron chi connectivity index (χ1n) is 7.86. The first kappa shape index (κ1) is 13.8. The fraction of sp³-hybridized carbons (Fsp3) is 1.00. The zero-order valence-electron chi connectivity index (χ0n) is 11.7. The van der Waals surface area contributed by atoms with Gasteiger partial charge in [0.25, 0.3) is 0 Å². The molecule has 19 heavy (non-hydrogen) atoms. The molecule has 1 heterocycles. The highest BCUT2D eigenvalue weighted by Gasteiger charge is 2.42. The van der Waals surface area contributed by atoms with Gasteiger partial charge in [0.1, 0.15) is 0 Å². The lowest BCUT2D eigenvalue weighted by Gasteiger charge is -2.48. The second-order valence-electron chi connectivity index (χ2n) is 6.67. The van der Waals surface area contributed by atoms with Crippen LogP contribution in [0.3, 0.4) is 0 Å². The summed E-state index contributed by atoms with van der Waals surface area (Å²) in [4.78, 5) is 0. The quantitative estimate of drug-likeness (QED) is 0.833. The van der Waals surface area contributed by atoms with Crippen molar-refractivity contribution >= 4 is 10.0 Å². The Bertz CT molecular complexity index is 411. The van der Waals surface area contributed by atoms with Crippen LogP contribution in [-0.2, 0) is 10.0 Å². The van der Waals surface area contributed by atoms with Crippen molar-refractivity contribution in [1.29, 1.82) is 0 Å². The number of piperidine rings is 1. The van der Waals surface area contributed by atoms with Crippen LogP contribution in [0.5, 0.6) is 0 Å². The molecule has 0 radical (unpaired) electrons. The monoisotopic (exact) mass is 286 g/mol. The van der Waals surface area contributed by atoms with Gasteiger partial charge in [0.2, 0.25) is 10.0 Å². The molecule has 3 aliphatic rings. The average molecular weight is 286 g/mol. The van der Waals surface area contributed by atoms with Gasteiger partial charge in [-0.25, -0.2) is 13.1 Å². The number of rotatable bonds is 3. The van der Waals surface area contributed by atoms with Crippen molar-refractivity contribution in [3.8, 4) is 0 Å².